The van der Waals surface area contributed by atoms with Gasteiger partial charge in [0.25, 0.3) is 5.91 Å². The highest BCUT2D eigenvalue weighted by atomic mass is 16.5. The molecule has 0 bridgehead atoms. The molecule has 1 amide bonds. The number of aromatic nitrogens is 2. The lowest BCUT2D eigenvalue weighted by molar-refractivity contribution is 0.0491. The van der Waals surface area contributed by atoms with Gasteiger partial charge in [-0.15, -0.1) is 0 Å². The molecule has 26 heavy (non-hydrogen) atoms. The highest BCUT2D eigenvalue weighted by molar-refractivity contribution is 5.92. The summed E-state index contributed by atoms with van der Waals surface area (Å²) >= 11 is 0. The molecule has 3 rings (SSSR count). The van der Waals surface area contributed by atoms with E-state index in [1.165, 1.54) is 0 Å². The molecule has 1 aliphatic heterocycles. The van der Waals surface area contributed by atoms with Gasteiger partial charge in [0, 0.05) is 44.0 Å². The standard InChI is InChI=1S/C18H24N4O4/c1-13-3-4-15(10-19-13)25-12-16-9-17(20-26-16)18(24)22-7-6-21(2)14(11-22)5-8-23/h3-4,9-10,14,23H,5-8,11-12H2,1-2H3/t14-/m0/s1. The molecule has 2 aromatic heterocycles. The molecular formula is C18H24N4O4. The molecule has 2 aromatic rings. The van der Waals surface area contributed by atoms with Crippen molar-refractivity contribution in [3.63, 3.8) is 0 Å². The van der Waals surface area contributed by atoms with Gasteiger partial charge in [-0.05, 0) is 32.5 Å². The summed E-state index contributed by atoms with van der Waals surface area (Å²) in [5.41, 5.74) is 1.19. The van der Waals surface area contributed by atoms with Gasteiger partial charge >= 0.3 is 0 Å². The minimum atomic E-state index is -0.159. The predicted octanol–water partition coefficient (Wildman–Crippen LogP) is 1.10. The molecule has 8 heteroatoms. The zero-order chi connectivity index (χ0) is 18.5. The van der Waals surface area contributed by atoms with Crippen LogP contribution in [0.25, 0.3) is 0 Å². The Balaban J connectivity index is 1.58. The molecule has 0 radical (unpaired) electrons. The van der Waals surface area contributed by atoms with Crippen molar-refractivity contribution in [1.29, 1.82) is 0 Å². The van der Waals surface area contributed by atoms with Crippen LogP contribution in [-0.2, 0) is 6.61 Å². The van der Waals surface area contributed by atoms with E-state index in [9.17, 15) is 9.90 Å². The maximum atomic E-state index is 12.7. The minimum Gasteiger partial charge on any atom is -0.484 e. The number of ether oxygens (including phenoxy) is 1. The average molecular weight is 360 g/mol. The summed E-state index contributed by atoms with van der Waals surface area (Å²) in [6.45, 7) is 4.16. The normalized spacial score (nSPS) is 18.1. The molecule has 0 unspecified atom stereocenters. The van der Waals surface area contributed by atoms with Crippen LogP contribution in [0.15, 0.2) is 28.9 Å². The Morgan fingerprint density at radius 1 is 1.42 bits per heavy atom. The number of rotatable bonds is 6. The van der Waals surface area contributed by atoms with Crippen molar-refractivity contribution >= 4 is 5.91 Å². The average Bonchev–Trinajstić information content (AvgIpc) is 3.12. The van der Waals surface area contributed by atoms with Gasteiger partial charge in [-0.2, -0.15) is 0 Å². The van der Waals surface area contributed by atoms with E-state index in [0.29, 0.717) is 31.0 Å². The highest BCUT2D eigenvalue weighted by Gasteiger charge is 2.29. The van der Waals surface area contributed by atoms with Crippen molar-refractivity contribution in [2.45, 2.75) is 26.0 Å². The number of pyridine rings is 1. The van der Waals surface area contributed by atoms with Crippen molar-refractivity contribution < 1.29 is 19.2 Å². The summed E-state index contributed by atoms with van der Waals surface area (Å²) in [5, 5.41) is 13.1. The number of amides is 1. The summed E-state index contributed by atoms with van der Waals surface area (Å²) in [6, 6.07) is 5.46. The molecule has 1 aliphatic rings. The lowest BCUT2D eigenvalue weighted by atomic mass is 10.1. The van der Waals surface area contributed by atoms with Crippen molar-refractivity contribution in [2.75, 3.05) is 33.3 Å². The summed E-state index contributed by atoms with van der Waals surface area (Å²) in [7, 11) is 2.01. The molecular weight excluding hydrogens is 336 g/mol. The van der Waals surface area contributed by atoms with Crippen molar-refractivity contribution in [2.24, 2.45) is 0 Å². The van der Waals surface area contributed by atoms with E-state index >= 15 is 0 Å². The Hall–Kier alpha value is -2.45. The number of hydrogen-bond acceptors (Lipinski definition) is 7. The molecule has 0 aliphatic carbocycles. The third kappa shape index (κ3) is 4.39. The smallest absolute Gasteiger partial charge is 0.276 e. The van der Waals surface area contributed by atoms with E-state index in [2.05, 4.69) is 15.0 Å². The topological polar surface area (TPSA) is 91.9 Å². The second kappa shape index (κ2) is 8.29. The highest BCUT2D eigenvalue weighted by Crippen LogP contribution is 2.16. The van der Waals surface area contributed by atoms with Gasteiger partial charge in [-0.25, -0.2) is 0 Å². The van der Waals surface area contributed by atoms with Crippen LogP contribution in [0.5, 0.6) is 5.75 Å². The van der Waals surface area contributed by atoms with Crippen LogP contribution in [0.2, 0.25) is 0 Å². The molecule has 1 fully saturated rings. The van der Waals surface area contributed by atoms with Crippen molar-refractivity contribution in [3.05, 3.63) is 41.5 Å². The quantitative estimate of drug-likeness (QED) is 0.824. The van der Waals surface area contributed by atoms with Gasteiger partial charge in [0.1, 0.15) is 12.4 Å². The summed E-state index contributed by atoms with van der Waals surface area (Å²) in [6.07, 6.45) is 2.28. The first-order valence-electron chi connectivity index (χ1n) is 8.68. The number of carbonyl (C=O) groups excluding carboxylic acids is 1. The number of aliphatic hydroxyl groups excluding tert-OH is 1. The molecule has 3 heterocycles. The van der Waals surface area contributed by atoms with Crippen LogP contribution in [-0.4, -0.2) is 70.3 Å². The predicted molar refractivity (Wildman–Crippen MR) is 93.8 cm³/mol. The number of aliphatic hydroxyl groups is 1. The molecule has 0 saturated carbocycles. The lowest BCUT2D eigenvalue weighted by Crippen LogP contribution is -2.53. The molecule has 0 spiro atoms. The number of nitrogens with zero attached hydrogens (tertiary/aromatic N) is 4. The first-order valence-corrected chi connectivity index (χ1v) is 8.68. The van der Waals surface area contributed by atoms with Gasteiger partial charge in [0.15, 0.2) is 11.5 Å². The van der Waals surface area contributed by atoms with Gasteiger partial charge in [-0.1, -0.05) is 5.16 Å². The van der Waals surface area contributed by atoms with Crippen LogP contribution in [0, 0.1) is 6.92 Å². The maximum absolute atomic E-state index is 12.7. The number of aryl methyl sites for hydroxylation is 1. The summed E-state index contributed by atoms with van der Waals surface area (Å²) in [4.78, 5) is 20.7. The summed E-state index contributed by atoms with van der Waals surface area (Å²) < 4.78 is 10.8. The number of piperazine rings is 1. The fourth-order valence-corrected chi connectivity index (χ4v) is 2.93. The van der Waals surface area contributed by atoms with Crippen LogP contribution in [0.4, 0.5) is 0 Å². The monoisotopic (exact) mass is 360 g/mol. The van der Waals surface area contributed by atoms with Crippen molar-refractivity contribution in [3.8, 4) is 5.75 Å². The van der Waals surface area contributed by atoms with Gasteiger partial charge in [-0.3, -0.25) is 14.7 Å². The Morgan fingerprint density at radius 2 is 2.27 bits per heavy atom. The summed E-state index contributed by atoms with van der Waals surface area (Å²) in [5.74, 6) is 0.953. The SMILES string of the molecule is Cc1ccc(OCc2cc(C(=O)N3CCN(C)[C@@H](CCO)C3)no2)cn1. The van der Waals surface area contributed by atoms with Gasteiger partial charge in [0.2, 0.25) is 0 Å². The zero-order valence-electron chi connectivity index (χ0n) is 15.1. The van der Waals surface area contributed by atoms with Gasteiger partial charge in [0.05, 0.1) is 6.20 Å². The number of carbonyl (C=O) groups is 1. The van der Waals surface area contributed by atoms with Gasteiger partial charge < -0.3 is 19.3 Å². The third-order valence-electron chi connectivity index (χ3n) is 4.57. The second-order valence-corrected chi connectivity index (χ2v) is 6.50. The number of likely N-dealkylation sites (N-methyl/N-ethyl adjacent to an activating group) is 1. The molecule has 1 N–H and O–H groups in total. The van der Waals surface area contributed by atoms with Crippen LogP contribution in [0.3, 0.4) is 0 Å². The second-order valence-electron chi connectivity index (χ2n) is 6.50. The third-order valence-corrected chi connectivity index (χ3v) is 4.57. The Labute approximate surface area is 152 Å². The van der Waals surface area contributed by atoms with E-state index in [1.807, 2.05) is 26.1 Å². The van der Waals surface area contributed by atoms with E-state index in [-0.39, 0.29) is 30.9 Å². The van der Waals surface area contributed by atoms with Crippen LogP contribution >= 0.6 is 0 Å². The maximum Gasteiger partial charge on any atom is 0.276 e. The first kappa shape index (κ1) is 18.3. The fraction of sp³-hybridized carbons (Fsp3) is 0.500. The number of hydrogen-bond donors (Lipinski definition) is 1. The Morgan fingerprint density at radius 3 is 3.00 bits per heavy atom. The lowest BCUT2D eigenvalue weighted by Gasteiger charge is -2.39. The largest absolute Gasteiger partial charge is 0.484 e. The molecule has 1 saturated heterocycles. The van der Waals surface area contributed by atoms with E-state index in [4.69, 9.17) is 9.26 Å². The molecule has 8 nitrogen and oxygen atoms in total. The van der Waals surface area contributed by atoms with Crippen LogP contribution in [0.1, 0.15) is 28.4 Å². The molecule has 140 valence electrons. The Bertz CT molecular complexity index is 731. The molecule has 1 atom stereocenters. The minimum absolute atomic E-state index is 0.107. The zero-order valence-corrected chi connectivity index (χ0v) is 15.1. The Kier molecular flexibility index (Phi) is 5.85. The van der Waals surface area contributed by atoms with Crippen molar-refractivity contribution in [1.82, 2.24) is 19.9 Å². The van der Waals surface area contributed by atoms with Crippen LogP contribution < -0.4 is 4.74 Å². The van der Waals surface area contributed by atoms with E-state index in [0.717, 1.165) is 12.2 Å². The van der Waals surface area contributed by atoms with E-state index in [1.54, 1.807) is 17.2 Å². The fourth-order valence-electron chi connectivity index (χ4n) is 2.93. The first-order chi connectivity index (χ1) is 12.6. The van der Waals surface area contributed by atoms with E-state index < -0.39 is 0 Å². The molecule has 0 aromatic carbocycles.